The van der Waals surface area contributed by atoms with Crippen LogP contribution in [0.25, 0.3) is 0 Å². The minimum Gasteiger partial charge on any atom is -0.507 e. The molecule has 0 unspecified atom stereocenters. The fourth-order valence-corrected chi connectivity index (χ4v) is 5.71. The summed E-state index contributed by atoms with van der Waals surface area (Å²) in [6.07, 6.45) is 0. The Kier molecular flexibility index (Phi) is 6.13. The molecule has 6 heteroatoms. The number of aromatic hydroxyl groups is 1. The minimum absolute atomic E-state index is 0.167. The highest BCUT2D eigenvalue weighted by Crippen LogP contribution is 2.40. The first-order chi connectivity index (χ1) is 15.1. The van der Waals surface area contributed by atoms with Crippen molar-refractivity contribution in [3.8, 4) is 5.75 Å². The van der Waals surface area contributed by atoms with E-state index in [9.17, 15) is 18.3 Å². The Morgan fingerprint density at radius 2 is 1.33 bits per heavy atom. The number of ketones is 1. The zero-order valence-electron chi connectivity index (χ0n) is 20.6. The van der Waals surface area contributed by atoms with Crippen LogP contribution in [0.5, 0.6) is 5.75 Å². The van der Waals surface area contributed by atoms with Gasteiger partial charge in [-0.3, -0.25) is 4.79 Å². The fourth-order valence-electron chi connectivity index (χ4n) is 4.11. The molecule has 0 bridgehead atoms. The Morgan fingerprint density at radius 1 is 0.848 bits per heavy atom. The van der Waals surface area contributed by atoms with Crippen molar-refractivity contribution in [3.63, 3.8) is 0 Å². The molecule has 0 spiro atoms. The lowest BCUT2D eigenvalue weighted by Crippen LogP contribution is -2.19. The van der Waals surface area contributed by atoms with Gasteiger partial charge in [-0.15, -0.1) is 0 Å². The minimum atomic E-state index is -3.84. The first-order valence-corrected chi connectivity index (χ1v) is 12.4. The summed E-state index contributed by atoms with van der Waals surface area (Å²) in [7, 11) is -3.84. The molecule has 0 saturated heterocycles. The van der Waals surface area contributed by atoms with Gasteiger partial charge in [0.25, 0.3) is 10.0 Å². The van der Waals surface area contributed by atoms with Crippen LogP contribution >= 0.6 is 0 Å². The molecular formula is C27H33NO4S. The van der Waals surface area contributed by atoms with Crippen molar-refractivity contribution in [2.75, 3.05) is 0 Å². The van der Waals surface area contributed by atoms with Crippen molar-refractivity contribution in [3.05, 3.63) is 82.2 Å². The van der Waals surface area contributed by atoms with E-state index in [1.807, 2.05) is 41.5 Å². The van der Waals surface area contributed by atoms with Gasteiger partial charge in [-0.1, -0.05) is 59.7 Å². The number of hydrogen-bond donors (Lipinski definition) is 1. The molecule has 0 radical (unpaired) electrons. The Hall–Kier alpha value is -2.86. The van der Waals surface area contributed by atoms with Crippen molar-refractivity contribution < 1.29 is 18.3 Å². The molecule has 0 aliphatic heterocycles. The van der Waals surface area contributed by atoms with Crippen molar-refractivity contribution in [1.29, 1.82) is 0 Å². The number of aryl methyl sites for hydroxylation is 1. The summed E-state index contributed by atoms with van der Waals surface area (Å²) in [6.45, 7) is 15.3. The van der Waals surface area contributed by atoms with Gasteiger partial charge in [-0.25, -0.2) is 12.4 Å². The highest BCUT2D eigenvalue weighted by molar-refractivity contribution is 7.90. The molecular weight excluding hydrogens is 434 g/mol. The van der Waals surface area contributed by atoms with Gasteiger partial charge in [0.05, 0.1) is 4.90 Å². The zero-order valence-corrected chi connectivity index (χ0v) is 21.5. The summed E-state index contributed by atoms with van der Waals surface area (Å²) in [4.78, 5) is 13.8. The number of nitrogens with zero attached hydrogens (tertiary/aromatic N) is 1. The number of carbonyl (C=O) groups excluding carboxylic acids is 1. The van der Waals surface area contributed by atoms with Gasteiger partial charge in [0, 0.05) is 33.6 Å². The van der Waals surface area contributed by atoms with E-state index in [2.05, 4.69) is 0 Å². The lowest BCUT2D eigenvalue weighted by molar-refractivity contribution is 0.103. The van der Waals surface area contributed by atoms with Crippen LogP contribution in [0.15, 0.2) is 53.4 Å². The van der Waals surface area contributed by atoms with E-state index >= 15 is 0 Å². The third-order valence-corrected chi connectivity index (χ3v) is 7.79. The van der Waals surface area contributed by atoms with E-state index in [1.54, 1.807) is 62.4 Å². The molecule has 0 amide bonds. The monoisotopic (exact) mass is 467 g/mol. The van der Waals surface area contributed by atoms with Gasteiger partial charge in [-0.2, -0.15) is 0 Å². The number of aromatic nitrogens is 1. The van der Waals surface area contributed by atoms with Gasteiger partial charge < -0.3 is 5.11 Å². The quantitative estimate of drug-likeness (QED) is 0.487. The fraction of sp³-hybridized carbons (Fsp3) is 0.370. The number of rotatable bonds is 4. The smallest absolute Gasteiger partial charge is 0.268 e. The van der Waals surface area contributed by atoms with Crippen LogP contribution < -0.4 is 0 Å². The second-order valence-electron chi connectivity index (χ2n) is 10.6. The molecule has 0 atom stereocenters. The molecule has 33 heavy (non-hydrogen) atoms. The molecule has 0 aliphatic rings. The maximum absolute atomic E-state index is 13.7. The Balaban J connectivity index is 2.21. The maximum Gasteiger partial charge on any atom is 0.268 e. The molecule has 1 N–H and O–H groups in total. The predicted molar refractivity (Wildman–Crippen MR) is 132 cm³/mol. The summed E-state index contributed by atoms with van der Waals surface area (Å²) < 4.78 is 27.8. The predicted octanol–water partition coefficient (Wildman–Crippen LogP) is 5.87. The van der Waals surface area contributed by atoms with Gasteiger partial charge in [0.15, 0.2) is 5.78 Å². The van der Waals surface area contributed by atoms with E-state index in [0.717, 1.165) is 0 Å². The van der Waals surface area contributed by atoms with Crippen LogP contribution in [0.2, 0.25) is 0 Å². The van der Waals surface area contributed by atoms with Crippen molar-refractivity contribution in [1.82, 2.24) is 3.97 Å². The number of phenolic OH excluding ortho intramolecular Hbond substituents is 1. The first-order valence-electron chi connectivity index (χ1n) is 11.0. The topological polar surface area (TPSA) is 76.4 Å². The van der Waals surface area contributed by atoms with Crippen molar-refractivity contribution in [2.45, 2.75) is 71.1 Å². The molecule has 3 rings (SSSR count). The molecule has 5 nitrogen and oxygen atoms in total. The summed E-state index contributed by atoms with van der Waals surface area (Å²) in [5.41, 5.74) is 2.20. The van der Waals surface area contributed by atoms with E-state index in [-0.39, 0.29) is 27.3 Å². The van der Waals surface area contributed by atoms with Gasteiger partial charge >= 0.3 is 0 Å². The average molecular weight is 468 g/mol. The highest BCUT2D eigenvalue weighted by Gasteiger charge is 2.30. The number of benzene rings is 2. The summed E-state index contributed by atoms with van der Waals surface area (Å²) in [5.74, 6) is -0.0720. The van der Waals surface area contributed by atoms with Gasteiger partial charge in [-0.05, 0) is 55.0 Å². The maximum atomic E-state index is 13.7. The van der Waals surface area contributed by atoms with Crippen LogP contribution in [-0.2, 0) is 20.9 Å². The molecule has 2 aromatic carbocycles. The second-order valence-corrected chi connectivity index (χ2v) is 12.4. The standard InChI is InChI=1S/C27H33NO4S/c1-17-14-21(18(2)28(17)33(31,32)20-12-10-9-11-13-20)24(29)19-15-22(26(3,4)5)25(30)23(16-19)27(6,7)8/h9-16,30H,1-8H3. The van der Waals surface area contributed by atoms with Crippen molar-refractivity contribution >= 4 is 15.8 Å². The molecule has 0 aliphatic carbocycles. The second kappa shape index (κ2) is 8.17. The molecule has 1 heterocycles. The number of phenols is 1. The lowest BCUT2D eigenvalue weighted by Gasteiger charge is -2.28. The summed E-state index contributed by atoms with van der Waals surface area (Å²) in [6, 6.07) is 13.3. The van der Waals surface area contributed by atoms with Gasteiger partial charge in [0.1, 0.15) is 5.75 Å². The highest BCUT2D eigenvalue weighted by atomic mass is 32.2. The van der Waals surface area contributed by atoms with Gasteiger partial charge in [0.2, 0.25) is 0 Å². The normalized spacial score (nSPS) is 12.7. The summed E-state index contributed by atoms with van der Waals surface area (Å²) >= 11 is 0. The largest absolute Gasteiger partial charge is 0.507 e. The van der Waals surface area contributed by atoms with Crippen LogP contribution in [0, 0.1) is 13.8 Å². The Bertz CT molecular complexity index is 1280. The Labute approximate surface area is 197 Å². The number of carbonyl (C=O) groups is 1. The van der Waals surface area contributed by atoms with Crippen LogP contribution in [0.3, 0.4) is 0 Å². The third kappa shape index (κ3) is 4.49. The molecule has 0 fully saturated rings. The lowest BCUT2D eigenvalue weighted by atomic mass is 9.77. The molecule has 1 aromatic heterocycles. The first kappa shape index (κ1) is 24.8. The van der Waals surface area contributed by atoms with Crippen LogP contribution in [0.1, 0.15) is 80.0 Å². The average Bonchev–Trinajstić information content (AvgIpc) is 3.01. The number of hydrogen-bond acceptors (Lipinski definition) is 4. The molecule has 176 valence electrons. The molecule has 3 aromatic rings. The Morgan fingerprint density at radius 3 is 1.79 bits per heavy atom. The van der Waals surface area contributed by atoms with E-state index in [1.165, 1.54) is 3.97 Å². The van der Waals surface area contributed by atoms with Crippen molar-refractivity contribution in [2.24, 2.45) is 0 Å². The van der Waals surface area contributed by atoms with E-state index in [0.29, 0.717) is 33.6 Å². The SMILES string of the molecule is Cc1cc(C(=O)c2cc(C(C)(C)C)c(O)c(C(C)(C)C)c2)c(C)n1S(=O)(=O)c1ccccc1. The summed E-state index contributed by atoms with van der Waals surface area (Å²) in [5, 5.41) is 11.0. The van der Waals surface area contributed by atoms with E-state index in [4.69, 9.17) is 0 Å². The van der Waals surface area contributed by atoms with Crippen LogP contribution in [-0.4, -0.2) is 23.3 Å². The van der Waals surface area contributed by atoms with E-state index < -0.39 is 10.0 Å². The zero-order chi connectivity index (χ0) is 24.9. The van der Waals surface area contributed by atoms with Crippen LogP contribution in [0.4, 0.5) is 0 Å². The molecule has 0 saturated carbocycles. The third-order valence-electron chi connectivity index (χ3n) is 5.88.